The number of aromatic carboxylic acids is 1. The molecule has 1 N–H and O–H groups in total. The summed E-state index contributed by atoms with van der Waals surface area (Å²) in [5.74, 6) is 1.82. The number of rotatable bonds is 4. The first kappa shape index (κ1) is 19.2. The number of nitrogens with zero attached hydrogens (tertiary/aromatic N) is 1. The van der Waals surface area contributed by atoms with Gasteiger partial charge in [-0.05, 0) is 35.2 Å². The molecule has 2 aliphatic carbocycles. The summed E-state index contributed by atoms with van der Waals surface area (Å²) in [6, 6.07) is 23.7. The molecule has 1 aromatic heterocycles. The van der Waals surface area contributed by atoms with Crippen LogP contribution in [0.15, 0.2) is 72.8 Å². The number of carboxylic acid groups (broad SMARTS) is 1. The largest absolute Gasteiger partial charge is 0.487 e. The van der Waals surface area contributed by atoms with E-state index in [1.165, 1.54) is 11.1 Å². The molecular weight excluding hydrogens is 374 g/mol. The van der Waals surface area contributed by atoms with Crippen molar-refractivity contribution in [1.82, 2.24) is 4.98 Å². The van der Waals surface area contributed by atoms with Crippen molar-refractivity contribution >= 4 is 16.9 Å². The third kappa shape index (κ3) is 3.61. The second kappa shape index (κ2) is 8.10. The van der Waals surface area contributed by atoms with E-state index in [2.05, 4.69) is 35.2 Å². The molecule has 0 unspecified atom stereocenters. The zero-order chi connectivity index (χ0) is 21.1. The maximum Gasteiger partial charge on any atom is 0.355 e. The highest BCUT2D eigenvalue weighted by atomic mass is 16.5. The molecule has 0 spiro atoms. The van der Waals surface area contributed by atoms with Crippen LogP contribution >= 0.6 is 0 Å². The van der Waals surface area contributed by atoms with Gasteiger partial charge in [-0.1, -0.05) is 72.7 Å². The van der Waals surface area contributed by atoms with E-state index in [0.717, 1.165) is 10.9 Å². The van der Waals surface area contributed by atoms with Crippen LogP contribution in [0.5, 0.6) is 5.75 Å². The summed E-state index contributed by atoms with van der Waals surface area (Å²) in [6.07, 6.45) is 5.47. The molecule has 1 heterocycles. The summed E-state index contributed by atoms with van der Waals surface area (Å²) >= 11 is 0. The van der Waals surface area contributed by atoms with E-state index in [1.807, 2.05) is 42.5 Å². The van der Waals surface area contributed by atoms with Crippen molar-refractivity contribution in [1.29, 1.82) is 0 Å². The Balaban J connectivity index is 0.000000305. The lowest BCUT2D eigenvalue weighted by molar-refractivity contribution is 0.0690. The summed E-state index contributed by atoms with van der Waals surface area (Å²) in [4.78, 5) is 15.7. The van der Waals surface area contributed by atoms with Gasteiger partial charge in [0.2, 0.25) is 0 Å². The number of terminal acetylenes is 1. The number of para-hydroxylation sites is 1. The molecule has 0 aliphatic heterocycles. The second-order valence-corrected chi connectivity index (χ2v) is 6.91. The fourth-order valence-corrected chi connectivity index (χ4v) is 3.27. The predicted molar refractivity (Wildman–Crippen MR) is 118 cm³/mol. The fourth-order valence-electron chi connectivity index (χ4n) is 3.27. The quantitative estimate of drug-likeness (QED) is 0.412. The van der Waals surface area contributed by atoms with Gasteiger partial charge in [-0.25, -0.2) is 9.78 Å². The van der Waals surface area contributed by atoms with Crippen molar-refractivity contribution in [2.45, 2.75) is 13.5 Å². The smallest absolute Gasteiger partial charge is 0.355 e. The van der Waals surface area contributed by atoms with Crippen molar-refractivity contribution in [3.05, 3.63) is 95.2 Å². The Morgan fingerprint density at radius 3 is 2.20 bits per heavy atom. The van der Waals surface area contributed by atoms with Gasteiger partial charge < -0.3 is 9.84 Å². The number of benzene rings is 3. The monoisotopic (exact) mass is 393 g/mol. The Morgan fingerprint density at radius 1 is 1.00 bits per heavy atom. The number of ether oxygens (including phenoxy) is 1. The highest BCUT2D eigenvalue weighted by Crippen LogP contribution is 2.30. The van der Waals surface area contributed by atoms with Gasteiger partial charge >= 0.3 is 5.97 Å². The molecule has 3 aromatic rings. The highest BCUT2D eigenvalue weighted by molar-refractivity contribution is 5.97. The number of aromatic nitrogens is 1. The molecule has 4 heteroatoms. The van der Waals surface area contributed by atoms with Crippen LogP contribution in [-0.4, -0.2) is 16.1 Å². The third-order valence-corrected chi connectivity index (χ3v) is 5.04. The number of fused-ring (bicyclic) bond motifs is 2. The van der Waals surface area contributed by atoms with Gasteiger partial charge in [-0.2, -0.15) is 0 Å². The van der Waals surface area contributed by atoms with Crippen molar-refractivity contribution in [2.24, 2.45) is 0 Å². The Labute approximate surface area is 174 Å². The fraction of sp³-hybridized carbons (Fsp3) is 0.0769. The Hall–Kier alpha value is -4.10. The summed E-state index contributed by atoms with van der Waals surface area (Å²) in [6.45, 7) is 2.17. The summed E-state index contributed by atoms with van der Waals surface area (Å²) in [5.41, 5.74) is 5.26. The van der Waals surface area contributed by atoms with Crippen molar-refractivity contribution < 1.29 is 14.6 Å². The van der Waals surface area contributed by atoms with Crippen LogP contribution in [-0.2, 0) is 6.61 Å². The minimum absolute atomic E-state index is 0.127. The normalized spacial score (nSPS) is 10.5. The molecule has 0 amide bonds. The van der Waals surface area contributed by atoms with E-state index < -0.39 is 5.97 Å². The van der Waals surface area contributed by atoms with Crippen LogP contribution in [0.4, 0.5) is 0 Å². The standard InChI is InChI=1S/C20H15NO3.C6H4/c1-3-15-13(2)16-10-7-11-17(18(16)21-19(15)20(22)23)24-12-14-8-5-4-6-9-14;1-2-6-4-3-5(1)6/h1,4-11H,12H2,2H3,(H,22,23);1-4H. The molecule has 0 saturated heterocycles. The first-order valence-corrected chi connectivity index (χ1v) is 9.49. The van der Waals surface area contributed by atoms with Gasteiger partial charge in [0.1, 0.15) is 17.9 Å². The first-order valence-electron chi connectivity index (χ1n) is 9.49. The van der Waals surface area contributed by atoms with Crippen molar-refractivity contribution in [2.75, 3.05) is 0 Å². The van der Waals surface area contributed by atoms with Gasteiger partial charge in [0.05, 0.1) is 5.56 Å². The molecule has 0 radical (unpaired) electrons. The molecule has 5 rings (SSSR count). The lowest BCUT2D eigenvalue weighted by Crippen LogP contribution is -2.07. The second-order valence-electron chi connectivity index (χ2n) is 6.91. The van der Waals surface area contributed by atoms with Crippen molar-refractivity contribution in [3.8, 4) is 29.2 Å². The molecule has 30 heavy (non-hydrogen) atoms. The average molecular weight is 393 g/mol. The number of carbonyl (C=O) groups is 1. The minimum atomic E-state index is -1.15. The van der Waals surface area contributed by atoms with Crippen LogP contribution in [0.3, 0.4) is 0 Å². The molecule has 2 aliphatic rings. The van der Waals surface area contributed by atoms with Crippen LogP contribution in [0.1, 0.15) is 27.2 Å². The lowest BCUT2D eigenvalue weighted by atomic mass is 9.95. The first-order chi connectivity index (χ1) is 14.6. The van der Waals surface area contributed by atoms with E-state index in [4.69, 9.17) is 11.2 Å². The zero-order valence-electron chi connectivity index (χ0n) is 16.4. The highest BCUT2D eigenvalue weighted by Gasteiger charge is 2.18. The summed E-state index contributed by atoms with van der Waals surface area (Å²) in [7, 11) is 0. The van der Waals surface area contributed by atoms with Crippen LogP contribution in [0, 0.1) is 19.3 Å². The SMILES string of the molecule is C#Cc1c(C(=O)O)nc2c(OCc3ccccc3)cccc2c1C.c1cc2ccc1-2. The Morgan fingerprint density at radius 2 is 1.67 bits per heavy atom. The molecule has 0 fully saturated rings. The third-order valence-electron chi connectivity index (χ3n) is 5.04. The number of hydrogen-bond acceptors (Lipinski definition) is 3. The molecular formula is C26H19NO3. The van der Waals surface area contributed by atoms with E-state index >= 15 is 0 Å². The molecule has 146 valence electrons. The van der Waals surface area contributed by atoms with Gasteiger partial charge in [0.15, 0.2) is 5.69 Å². The average Bonchev–Trinajstić information content (AvgIpc) is 2.75. The topological polar surface area (TPSA) is 59.4 Å². The van der Waals surface area contributed by atoms with Gasteiger partial charge in [0.25, 0.3) is 0 Å². The van der Waals surface area contributed by atoms with E-state index in [1.54, 1.807) is 13.0 Å². The maximum atomic E-state index is 11.5. The lowest BCUT2D eigenvalue weighted by Gasteiger charge is -2.12. The van der Waals surface area contributed by atoms with Gasteiger partial charge in [-0.3, -0.25) is 0 Å². The number of pyridine rings is 1. The summed E-state index contributed by atoms with van der Waals surface area (Å²) < 4.78 is 5.86. The van der Waals surface area contributed by atoms with E-state index in [0.29, 0.717) is 29.0 Å². The zero-order valence-corrected chi connectivity index (χ0v) is 16.4. The van der Waals surface area contributed by atoms with E-state index in [-0.39, 0.29) is 5.69 Å². The van der Waals surface area contributed by atoms with E-state index in [9.17, 15) is 9.90 Å². The predicted octanol–water partition coefficient (Wildman–Crippen LogP) is 5.47. The molecule has 2 aromatic carbocycles. The molecule has 4 nitrogen and oxygen atoms in total. The molecule has 0 atom stereocenters. The molecule has 0 bridgehead atoms. The van der Waals surface area contributed by atoms with Gasteiger partial charge in [-0.15, -0.1) is 6.42 Å². The summed E-state index contributed by atoms with van der Waals surface area (Å²) in [5, 5.41) is 10.2. The maximum absolute atomic E-state index is 11.5. The number of aryl methyl sites for hydroxylation is 1. The van der Waals surface area contributed by atoms with Crippen LogP contribution < -0.4 is 4.74 Å². The van der Waals surface area contributed by atoms with Gasteiger partial charge in [0, 0.05) is 5.39 Å². The number of carboxylic acids is 1. The Kier molecular flexibility index (Phi) is 5.19. The van der Waals surface area contributed by atoms with Crippen molar-refractivity contribution in [3.63, 3.8) is 0 Å². The molecule has 0 saturated carbocycles. The van der Waals surface area contributed by atoms with Crippen LogP contribution in [0.25, 0.3) is 22.0 Å². The minimum Gasteiger partial charge on any atom is -0.487 e. The van der Waals surface area contributed by atoms with Crippen LogP contribution in [0.2, 0.25) is 0 Å². The Bertz CT molecular complexity index is 1250. The number of hydrogen-bond donors (Lipinski definition) is 1.